The van der Waals surface area contributed by atoms with E-state index in [9.17, 15) is 4.79 Å². The molecular weight excluding hydrogens is 443 g/mol. The van der Waals surface area contributed by atoms with Crippen LogP contribution in [0.2, 0.25) is 0 Å². The number of hydrogen-bond acceptors (Lipinski definition) is 5. The zero-order valence-electron chi connectivity index (χ0n) is 19.4. The van der Waals surface area contributed by atoms with E-state index in [1.807, 2.05) is 27.7 Å². The largest absolute Gasteiger partial charge is 1.00 e. The Labute approximate surface area is 227 Å². The highest BCUT2D eigenvalue weighted by Gasteiger charge is 2.37. The third kappa shape index (κ3) is 20.8. The first kappa shape index (κ1) is 29.5. The summed E-state index contributed by atoms with van der Waals surface area (Å²) in [6.45, 7) is 9.09. The van der Waals surface area contributed by atoms with Gasteiger partial charge in [0.2, 0.25) is 0 Å². The Kier molecular flexibility index (Phi) is 17.7. The monoisotopic (exact) mass is 488 g/mol. The molecule has 0 aliphatic heterocycles. The normalized spacial score (nSPS) is 7.88. The van der Waals surface area contributed by atoms with Gasteiger partial charge in [0, 0.05) is 78.1 Å². The Hall–Kier alpha value is -4.50. The van der Waals surface area contributed by atoms with Crippen molar-refractivity contribution in [2.45, 2.75) is 46.8 Å². The third-order valence-corrected chi connectivity index (χ3v) is 4.62. The van der Waals surface area contributed by atoms with Gasteiger partial charge in [-0.3, -0.25) is 0 Å². The standard InChI is InChI=1S/C22H6O3.2C3H7O.Al.13H2/c1-3-4-5-6-7-8-9-10-11-12-13-14-15-16-17-18-19-25-22(24)20-21(2)23;2*1-3(2)4;;;;;;;;;;;;;;/h1,20,23H,2H3;2*3H,1-2H3;;13*1H/q;2*-1;+3;;;;;;;;;;;;;/p-1/b21-20+;;;;;;;;;;;;;;;;. The molecule has 34 heavy (non-hydrogen) atoms. The van der Waals surface area contributed by atoms with Gasteiger partial charge in [0.1, 0.15) is 6.11 Å². The van der Waals surface area contributed by atoms with Crippen molar-refractivity contribution in [1.82, 2.24) is 0 Å². The van der Waals surface area contributed by atoms with E-state index in [-0.39, 0.29) is 30.8 Å². The molecule has 0 spiro atoms. The number of allylic oxidation sites excluding steroid dienone is 1. The predicted octanol–water partition coefficient (Wildman–Crippen LogP) is 5.10. The molecule has 0 amide bonds. The first-order valence-corrected chi connectivity index (χ1v) is 11.1. The quantitative estimate of drug-likeness (QED) is 0.164. The van der Waals surface area contributed by atoms with Crippen molar-refractivity contribution in [3.05, 3.63) is 11.8 Å². The summed E-state index contributed by atoms with van der Waals surface area (Å²) in [4.78, 5) is 11.8. The van der Waals surface area contributed by atoms with Crippen molar-refractivity contribution < 1.29 is 39.4 Å². The van der Waals surface area contributed by atoms with E-state index in [2.05, 4.69) is 101 Å². The van der Waals surface area contributed by atoms with E-state index in [0.29, 0.717) is 5.76 Å². The van der Waals surface area contributed by atoms with Crippen LogP contribution in [0.3, 0.4) is 0 Å². The SMILES string of the molecule is C#CC#CC#CC#CC#CC#CC#CC#CC#COC(=O)/C=C(\C)[O][Al]([O]C(C)C)[O]C(C)C.[HH].[HH].[HH].[HH].[HH].[HH].[HH].[HH].[HH].[HH].[HH].[HH].[HH]. The van der Waals surface area contributed by atoms with Gasteiger partial charge in [0.15, 0.2) is 0 Å². The topological polar surface area (TPSA) is 54.0 Å². The maximum absolute atomic E-state index is 11.8. The second-order valence-electron chi connectivity index (χ2n) is 6.07. The number of hydrogen-bond donors (Lipinski definition) is 0. The molecule has 0 heterocycles. The molecule has 0 radical (unpaired) electrons. The molecule has 0 unspecified atom stereocenters. The fourth-order valence-electron chi connectivity index (χ4n) is 1.46. The smallest absolute Gasteiger partial charge is 0.602 e. The summed E-state index contributed by atoms with van der Waals surface area (Å²) >= 11 is -2.43. The minimum absolute atomic E-state index is 0. The molecule has 0 aromatic rings. The zero-order chi connectivity index (χ0) is 25.4. The molecule has 0 saturated heterocycles. The summed E-state index contributed by atoms with van der Waals surface area (Å²) < 4.78 is 21.5. The van der Waals surface area contributed by atoms with Gasteiger partial charge in [0.25, 0.3) is 0 Å². The van der Waals surface area contributed by atoms with Crippen molar-refractivity contribution >= 4 is 21.1 Å². The summed E-state index contributed by atoms with van der Waals surface area (Å²) in [5.41, 5.74) is 0. The van der Waals surface area contributed by atoms with E-state index in [1.54, 1.807) is 6.92 Å². The molecule has 6 heteroatoms. The molecule has 0 saturated carbocycles. The molecule has 190 valence electrons. The molecule has 0 aromatic heterocycles. The Morgan fingerprint density at radius 1 is 0.735 bits per heavy atom. The van der Waals surface area contributed by atoms with Crippen LogP contribution in [-0.4, -0.2) is 33.3 Å². The zero-order valence-corrected chi connectivity index (χ0v) is 20.6. The number of ether oxygens (including phenoxy) is 1. The molecule has 5 nitrogen and oxygen atoms in total. The highest BCUT2D eigenvalue weighted by molar-refractivity contribution is 6.37. The van der Waals surface area contributed by atoms with E-state index < -0.39 is 21.1 Å². The summed E-state index contributed by atoms with van der Waals surface area (Å²) in [6.07, 6.45) is 8.11. The fourth-order valence-corrected chi connectivity index (χ4v) is 2.89. The molecule has 0 N–H and O–H groups in total. The fraction of sp³-hybridized carbons (Fsp3) is 0.250. The van der Waals surface area contributed by atoms with Gasteiger partial charge >= 0.3 is 21.1 Å². The number of rotatable bonds is 7. The van der Waals surface area contributed by atoms with Crippen molar-refractivity contribution in [2.24, 2.45) is 0 Å². The van der Waals surface area contributed by atoms with E-state index in [4.69, 9.17) is 22.5 Å². The molecule has 0 fully saturated rings. The average molecular weight is 489 g/mol. The van der Waals surface area contributed by atoms with Gasteiger partial charge in [-0.25, -0.2) is 4.79 Å². The maximum Gasteiger partial charge on any atom is 1.00 e. The molecule has 0 aliphatic carbocycles. The van der Waals surface area contributed by atoms with E-state index in [0.717, 1.165) is 6.08 Å². The molecule has 0 atom stereocenters. The highest BCUT2D eigenvalue weighted by atomic mass is 27.3. The number of carbonyl (C=O) groups excluding carboxylic acids is 1. The Morgan fingerprint density at radius 3 is 1.50 bits per heavy atom. The van der Waals surface area contributed by atoms with Crippen LogP contribution in [0.4, 0.5) is 0 Å². The molecule has 0 rings (SSSR count). The van der Waals surface area contributed by atoms with Crippen molar-refractivity contribution in [3.8, 4) is 107 Å². The Morgan fingerprint density at radius 2 is 1.12 bits per heavy atom. The third-order valence-electron chi connectivity index (χ3n) is 2.52. The Balaban J connectivity index is -0.0000000698. The summed E-state index contributed by atoms with van der Waals surface area (Å²) in [6, 6.07) is 0. The van der Waals surface area contributed by atoms with Gasteiger partial charge in [-0.1, -0.05) is 0 Å². The van der Waals surface area contributed by atoms with Crippen LogP contribution >= 0.6 is 0 Å². The molecule has 0 bridgehead atoms. The van der Waals surface area contributed by atoms with E-state index >= 15 is 0 Å². The van der Waals surface area contributed by atoms with Gasteiger partial charge in [-0.05, 0) is 82.0 Å². The van der Waals surface area contributed by atoms with Gasteiger partial charge < -0.3 is 16.1 Å². The average Bonchev–Trinajstić information content (AvgIpc) is 2.74. The van der Waals surface area contributed by atoms with Gasteiger partial charge in [-0.2, -0.15) is 0 Å². The summed E-state index contributed by atoms with van der Waals surface area (Å²) in [5.74, 6) is 38.2. The highest BCUT2D eigenvalue weighted by Crippen LogP contribution is 2.07. The second kappa shape index (κ2) is 20.4. The first-order chi connectivity index (χ1) is 16.3. The van der Waals surface area contributed by atoms with Crippen LogP contribution in [-0.2, 0) is 20.9 Å². The number of carbonyl (C=O) groups is 1. The van der Waals surface area contributed by atoms with Gasteiger partial charge in [-0.15, -0.1) is 6.42 Å². The lowest BCUT2D eigenvalue weighted by Gasteiger charge is -2.18. The molecule has 0 aromatic carbocycles. The maximum atomic E-state index is 11.8. The van der Waals surface area contributed by atoms with Crippen LogP contribution in [0.25, 0.3) is 0 Å². The number of terminal acetylenes is 1. The predicted molar refractivity (Wildman–Crippen MR) is 158 cm³/mol. The van der Waals surface area contributed by atoms with Gasteiger partial charge in [0.05, 0.1) is 11.8 Å². The minimum atomic E-state index is -2.43. The van der Waals surface area contributed by atoms with Crippen molar-refractivity contribution in [1.29, 1.82) is 0 Å². The lowest BCUT2D eigenvalue weighted by Crippen LogP contribution is -2.32. The van der Waals surface area contributed by atoms with Crippen molar-refractivity contribution in [2.75, 3.05) is 0 Å². The van der Waals surface area contributed by atoms with Crippen LogP contribution < -0.4 is 0 Å². The van der Waals surface area contributed by atoms with Crippen LogP contribution in [0.1, 0.15) is 53.2 Å². The molecule has 0 aliphatic rings. The lowest BCUT2D eigenvalue weighted by molar-refractivity contribution is -0.131. The van der Waals surface area contributed by atoms with E-state index in [1.165, 1.54) is 0 Å². The molecular formula is C28H45AlO5. The Bertz CT molecular complexity index is 1330. The summed E-state index contributed by atoms with van der Waals surface area (Å²) in [7, 11) is 0. The first-order valence-electron chi connectivity index (χ1n) is 9.67. The van der Waals surface area contributed by atoms with Crippen LogP contribution in [0, 0.1) is 107 Å². The minimum Gasteiger partial charge on any atom is -0.602 e. The second-order valence-corrected chi connectivity index (χ2v) is 7.43. The van der Waals surface area contributed by atoms with Crippen molar-refractivity contribution in [3.63, 3.8) is 0 Å². The number of esters is 1. The van der Waals surface area contributed by atoms with Crippen LogP contribution in [0.5, 0.6) is 0 Å². The summed E-state index contributed by atoms with van der Waals surface area (Å²) in [5, 5.41) is 0. The lowest BCUT2D eigenvalue weighted by atomic mass is 10.5. The van der Waals surface area contributed by atoms with Crippen LogP contribution in [0.15, 0.2) is 11.8 Å².